The Labute approximate surface area is 191 Å². The SMILES string of the molecule is c1cnc2c(OC3CCC(Nc4ncnc5occc45)CC3)cc(N3CCOCC3)cc2n1. The van der Waals surface area contributed by atoms with E-state index >= 15 is 0 Å². The van der Waals surface area contributed by atoms with Crippen LogP contribution in [-0.4, -0.2) is 58.4 Å². The molecule has 1 saturated carbocycles. The lowest BCUT2D eigenvalue weighted by Gasteiger charge is -2.31. The average Bonchev–Trinajstić information content (AvgIpc) is 3.36. The van der Waals surface area contributed by atoms with Crippen LogP contribution in [0.4, 0.5) is 11.5 Å². The second kappa shape index (κ2) is 8.82. The molecule has 0 amide bonds. The lowest BCUT2D eigenvalue weighted by Crippen LogP contribution is -2.36. The third-order valence-electron chi connectivity index (χ3n) is 6.47. The summed E-state index contributed by atoms with van der Waals surface area (Å²) in [6, 6.07) is 6.46. The van der Waals surface area contributed by atoms with Crippen LogP contribution in [0.2, 0.25) is 0 Å². The number of hydrogen-bond donors (Lipinski definition) is 1. The Kier molecular flexibility index (Phi) is 5.39. The van der Waals surface area contributed by atoms with Gasteiger partial charge in [0.25, 0.3) is 0 Å². The van der Waals surface area contributed by atoms with Gasteiger partial charge in [-0.2, -0.15) is 0 Å². The van der Waals surface area contributed by atoms with Crippen molar-refractivity contribution in [2.75, 3.05) is 36.5 Å². The van der Waals surface area contributed by atoms with Crippen LogP contribution in [0, 0.1) is 0 Å². The highest BCUT2D eigenvalue weighted by molar-refractivity contribution is 5.86. The zero-order chi connectivity index (χ0) is 22.0. The van der Waals surface area contributed by atoms with Gasteiger partial charge in [0.1, 0.15) is 23.4 Å². The third kappa shape index (κ3) is 4.16. The number of nitrogens with one attached hydrogen (secondary N) is 1. The van der Waals surface area contributed by atoms with Crippen LogP contribution in [0.25, 0.3) is 22.1 Å². The molecule has 4 aromatic rings. The molecule has 0 radical (unpaired) electrons. The number of benzene rings is 1. The van der Waals surface area contributed by atoms with Crippen LogP contribution >= 0.6 is 0 Å². The van der Waals surface area contributed by atoms with Crippen molar-refractivity contribution in [1.82, 2.24) is 19.9 Å². The first-order valence-electron chi connectivity index (χ1n) is 11.5. The second-order valence-electron chi connectivity index (χ2n) is 8.56. The molecule has 6 rings (SSSR count). The zero-order valence-electron chi connectivity index (χ0n) is 18.3. The minimum atomic E-state index is 0.146. The quantitative estimate of drug-likeness (QED) is 0.491. The summed E-state index contributed by atoms with van der Waals surface area (Å²) in [6.45, 7) is 3.22. The normalized spacial score (nSPS) is 21.4. The molecule has 9 heteroatoms. The van der Waals surface area contributed by atoms with Crippen molar-refractivity contribution in [2.24, 2.45) is 0 Å². The molecule has 0 atom stereocenters. The van der Waals surface area contributed by atoms with E-state index < -0.39 is 0 Å². The highest BCUT2D eigenvalue weighted by Gasteiger charge is 2.25. The summed E-state index contributed by atoms with van der Waals surface area (Å²) in [6.07, 6.45) is 10.7. The van der Waals surface area contributed by atoms with Crippen LogP contribution in [-0.2, 0) is 4.74 Å². The number of furan rings is 1. The summed E-state index contributed by atoms with van der Waals surface area (Å²) in [5.41, 5.74) is 3.40. The minimum Gasteiger partial charge on any atom is -0.488 e. The number of anilines is 2. The molecule has 4 heterocycles. The van der Waals surface area contributed by atoms with Gasteiger partial charge in [-0.15, -0.1) is 0 Å². The standard InChI is InChI=1S/C24H26N6O3/c1-3-18(4-2-16(1)29-23-19-5-10-32-24(19)28-15-27-23)33-21-14-17(30-8-11-31-12-9-30)13-20-22(21)26-7-6-25-20/h5-7,10,13-16,18H,1-4,8-9,11-12H2,(H,27,28,29). The highest BCUT2D eigenvalue weighted by atomic mass is 16.5. The lowest BCUT2D eigenvalue weighted by molar-refractivity contribution is 0.122. The van der Waals surface area contributed by atoms with Gasteiger partial charge in [-0.25, -0.2) is 15.0 Å². The monoisotopic (exact) mass is 446 g/mol. The van der Waals surface area contributed by atoms with E-state index in [0.717, 1.165) is 85.7 Å². The van der Waals surface area contributed by atoms with Gasteiger partial charge in [-0.1, -0.05) is 0 Å². The van der Waals surface area contributed by atoms with E-state index in [2.05, 4.69) is 42.3 Å². The largest absolute Gasteiger partial charge is 0.488 e. The maximum atomic E-state index is 6.53. The first-order chi connectivity index (χ1) is 16.3. The molecule has 0 unspecified atom stereocenters. The van der Waals surface area contributed by atoms with Gasteiger partial charge < -0.3 is 24.1 Å². The number of nitrogens with zero attached hydrogens (tertiary/aromatic N) is 5. The summed E-state index contributed by atoms with van der Waals surface area (Å²) < 4.78 is 17.4. The Hall–Kier alpha value is -3.46. The molecule has 1 saturated heterocycles. The fourth-order valence-electron chi connectivity index (χ4n) is 4.73. The Morgan fingerprint density at radius 2 is 1.82 bits per heavy atom. The Morgan fingerprint density at radius 3 is 2.70 bits per heavy atom. The number of aromatic nitrogens is 4. The molecule has 0 bridgehead atoms. The number of rotatable bonds is 5. The van der Waals surface area contributed by atoms with Crippen molar-refractivity contribution in [3.05, 3.63) is 43.2 Å². The number of hydrogen-bond acceptors (Lipinski definition) is 9. The molecule has 3 aromatic heterocycles. The van der Waals surface area contributed by atoms with Gasteiger partial charge in [0.2, 0.25) is 5.71 Å². The van der Waals surface area contributed by atoms with Gasteiger partial charge in [0, 0.05) is 43.3 Å². The Morgan fingerprint density at radius 1 is 0.970 bits per heavy atom. The number of fused-ring (bicyclic) bond motifs is 2. The molecule has 0 spiro atoms. The van der Waals surface area contributed by atoms with Gasteiger partial charge in [-0.3, -0.25) is 4.98 Å². The van der Waals surface area contributed by atoms with Gasteiger partial charge in [0.05, 0.1) is 36.5 Å². The summed E-state index contributed by atoms with van der Waals surface area (Å²) in [4.78, 5) is 20.0. The van der Waals surface area contributed by atoms with Crippen molar-refractivity contribution < 1.29 is 13.9 Å². The van der Waals surface area contributed by atoms with Gasteiger partial charge >= 0.3 is 0 Å². The molecular formula is C24H26N6O3. The van der Waals surface area contributed by atoms with E-state index in [9.17, 15) is 0 Å². The molecular weight excluding hydrogens is 420 g/mol. The van der Waals surface area contributed by atoms with E-state index in [1.807, 2.05) is 6.07 Å². The molecule has 9 nitrogen and oxygen atoms in total. The van der Waals surface area contributed by atoms with Gasteiger partial charge in [-0.05, 0) is 37.8 Å². The fraction of sp³-hybridized carbons (Fsp3) is 0.417. The molecule has 2 aliphatic rings. The first-order valence-corrected chi connectivity index (χ1v) is 11.5. The third-order valence-corrected chi connectivity index (χ3v) is 6.47. The molecule has 1 aliphatic heterocycles. The molecule has 1 aromatic carbocycles. The maximum absolute atomic E-state index is 6.53. The van der Waals surface area contributed by atoms with Crippen LogP contribution < -0.4 is 15.0 Å². The average molecular weight is 447 g/mol. The topological polar surface area (TPSA) is 98.4 Å². The van der Waals surface area contributed by atoms with Crippen LogP contribution in [0.15, 0.2) is 47.6 Å². The summed E-state index contributed by atoms with van der Waals surface area (Å²) in [5, 5.41) is 4.49. The Balaban J connectivity index is 1.16. The fourth-order valence-corrected chi connectivity index (χ4v) is 4.73. The summed E-state index contributed by atoms with van der Waals surface area (Å²) >= 11 is 0. The van der Waals surface area contributed by atoms with Crippen LogP contribution in [0.1, 0.15) is 25.7 Å². The second-order valence-corrected chi connectivity index (χ2v) is 8.56. The maximum Gasteiger partial charge on any atom is 0.231 e. The van der Waals surface area contributed by atoms with Crippen molar-refractivity contribution in [3.8, 4) is 5.75 Å². The molecule has 1 aliphatic carbocycles. The van der Waals surface area contributed by atoms with Crippen LogP contribution in [0.3, 0.4) is 0 Å². The molecule has 2 fully saturated rings. The molecule has 170 valence electrons. The van der Waals surface area contributed by atoms with Crippen molar-refractivity contribution in [2.45, 2.75) is 37.8 Å². The van der Waals surface area contributed by atoms with Crippen molar-refractivity contribution >= 4 is 33.6 Å². The first kappa shape index (κ1) is 20.2. The van der Waals surface area contributed by atoms with E-state index in [1.54, 1.807) is 18.7 Å². The van der Waals surface area contributed by atoms with Crippen molar-refractivity contribution in [1.29, 1.82) is 0 Å². The van der Waals surface area contributed by atoms with E-state index in [1.165, 1.54) is 6.33 Å². The predicted molar refractivity (Wildman–Crippen MR) is 125 cm³/mol. The van der Waals surface area contributed by atoms with E-state index in [4.69, 9.17) is 13.9 Å². The molecule has 33 heavy (non-hydrogen) atoms. The van der Waals surface area contributed by atoms with E-state index in [-0.39, 0.29) is 6.10 Å². The summed E-state index contributed by atoms with van der Waals surface area (Å²) in [5.74, 6) is 1.65. The number of morpholine rings is 1. The van der Waals surface area contributed by atoms with Gasteiger partial charge in [0.15, 0.2) is 0 Å². The zero-order valence-corrected chi connectivity index (χ0v) is 18.3. The number of ether oxygens (including phenoxy) is 2. The minimum absolute atomic E-state index is 0.146. The summed E-state index contributed by atoms with van der Waals surface area (Å²) in [7, 11) is 0. The Bertz CT molecular complexity index is 1250. The van der Waals surface area contributed by atoms with Crippen molar-refractivity contribution in [3.63, 3.8) is 0 Å². The molecule has 1 N–H and O–H groups in total. The smallest absolute Gasteiger partial charge is 0.231 e. The lowest BCUT2D eigenvalue weighted by atomic mass is 9.93. The highest BCUT2D eigenvalue weighted by Crippen LogP contribution is 2.33. The predicted octanol–water partition coefficient (Wildman–Crippen LogP) is 3.80. The van der Waals surface area contributed by atoms with Crippen LogP contribution in [0.5, 0.6) is 5.75 Å². The van der Waals surface area contributed by atoms with E-state index in [0.29, 0.717) is 11.8 Å².